The molecule has 170 valence electrons. The molecule has 0 atom stereocenters. The second-order valence-electron chi connectivity index (χ2n) is 6.91. The van der Waals surface area contributed by atoms with Crippen molar-refractivity contribution < 1.29 is 19.1 Å². The van der Waals surface area contributed by atoms with Crippen molar-refractivity contribution in [3.8, 4) is 11.5 Å². The van der Waals surface area contributed by atoms with E-state index in [-0.39, 0.29) is 18.4 Å². The second-order valence-corrected chi connectivity index (χ2v) is 7.89. The van der Waals surface area contributed by atoms with Crippen molar-refractivity contribution in [2.45, 2.75) is 5.75 Å². The van der Waals surface area contributed by atoms with E-state index in [0.29, 0.717) is 11.5 Å². The number of nitrogens with zero attached hydrogens (tertiary/aromatic N) is 1. The van der Waals surface area contributed by atoms with E-state index in [0.717, 1.165) is 28.3 Å². The van der Waals surface area contributed by atoms with Crippen LogP contribution in [0.3, 0.4) is 0 Å². The molecule has 0 bridgehead atoms. The van der Waals surface area contributed by atoms with Crippen LogP contribution in [0.15, 0.2) is 84.0 Å². The highest BCUT2D eigenvalue weighted by molar-refractivity contribution is 7.99. The van der Waals surface area contributed by atoms with E-state index in [2.05, 4.69) is 15.8 Å². The zero-order chi connectivity index (χ0) is 23.3. The third-order valence-electron chi connectivity index (χ3n) is 4.37. The van der Waals surface area contributed by atoms with Crippen LogP contribution in [0.5, 0.6) is 11.5 Å². The zero-order valence-corrected chi connectivity index (χ0v) is 19.0. The van der Waals surface area contributed by atoms with E-state index < -0.39 is 0 Å². The number of amides is 2. The number of thioether (sulfide) groups is 1. The van der Waals surface area contributed by atoms with Crippen LogP contribution in [0.4, 0.5) is 5.69 Å². The SMILES string of the molecule is COc1ccc(CSCC(=O)NN=Cc2ccc(OCC(=O)Nc3ccccc3)cc2)cc1. The van der Waals surface area contributed by atoms with Gasteiger partial charge in [-0.3, -0.25) is 9.59 Å². The molecular formula is C25H25N3O4S. The second kappa shape index (κ2) is 12.9. The summed E-state index contributed by atoms with van der Waals surface area (Å²) < 4.78 is 10.6. The standard InChI is InChI=1S/C25H25N3O4S/c1-31-22-11-9-20(10-12-22)17-33-18-25(30)28-26-15-19-7-13-23(14-8-19)32-16-24(29)27-21-5-3-2-4-6-21/h2-15H,16-18H2,1H3,(H,27,29)(H,28,30). The van der Waals surface area contributed by atoms with Gasteiger partial charge in [0.2, 0.25) is 5.91 Å². The van der Waals surface area contributed by atoms with Crippen molar-refractivity contribution in [3.05, 3.63) is 90.0 Å². The van der Waals surface area contributed by atoms with Crippen molar-refractivity contribution >= 4 is 35.5 Å². The Kier molecular flexibility index (Phi) is 9.35. The zero-order valence-electron chi connectivity index (χ0n) is 18.2. The lowest BCUT2D eigenvalue weighted by Gasteiger charge is -2.07. The average Bonchev–Trinajstić information content (AvgIpc) is 2.84. The monoisotopic (exact) mass is 463 g/mol. The Morgan fingerprint density at radius 3 is 2.30 bits per heavy atom. The summed E-state index contributed by atoms with van der Waals surface area (Å²) >= 11 is 1.51. The highest BCUT2D eigenvalue weighted by Gasteiger charge is 2.04. The average molecular weight is 464 g/mol. The van der Waals surface area contributed by atoms with Crippen LogP contribution < -0.4 is 20.2 Å². The number of para-hydroxylation sites is 1. The maximum absolute atomic E-state index is 11.9. The van der Waals surface area contributed by atoms with Gasteiger partial charge in [-0.25, -0.2) is 5.43 Å². The summed E-state index contributed by atoms with van der Waals surface area (Å²) in [7, 11) is 1.63. The molecule has 3 rings (SSSR count). The molecular weight excluding hydrogens is 438 g/mol. The molecule has 0 saturated carbocycles. The number of carbonyl (C=O) groups excluding carboxylic acids is 2. The van der Waals surface area contributed by atoms with Crippen molar-refractivity contribution in [3.63, 3.8) is 0 Å². The first-order valence-corrected chi connectivity index (χ1v) is 11.4. The van der Waals surface area contributed by atoms with Gasteiger partial charge in [-0.2, -0.15) is 5.10 Å². The van der Waals surface area contributed by atoms with Crippen LogP contribution in [0, 0.1) is 0 Å². The molecule has 0 aromatic heterocycles. The Labute approximate surface area is 197 Å². The number of benzene rings is 3. The number of hydrogen-bond acceptors (Lipinski definition) is 6. The van der Waals surface area contributed by atoms with Gasteiger partial charge in [-0.05, 0) is 59.7 Å². The Hall–Kier alpha value is -3.78. The minimum absolute atomic E-state index is 0.0907. The van der Waals surface area contributed by atoms with E-state index >= 15 is 0 Å². The summed E-state index contributed by atoms with van der Waals surface area (Å²) in [5.74, 6) is 2.00. The molecule has 2 amide bonds. The first-order chi connectivity index (χ1) is 16.1. The van der Waals surface area contributed by atoms with Crippen LogP contribution >= 0.6 is 11.8 Å². The molecule has 33 heavy (non-hydrogen) atoms. The fraction of sp³-hybridized carbons (Fsp3) is 0.160. The van der Waals surface area contributed by atoms with Gasteiger partial charge in [-0.15, -0.1) is 11.8 Å². The normalized spacial score (nSPS) is 10.6. The minimum Gasteiger partial charge on any atom is -0.497 e. The largest absolute Gasteiger partial charge is 0.497 e. The summed E-state index contributed by atoms with van der Waals surface area (Å²) in [4.78, 5) is 23.9. The van der Waals surface area contributed by atoms with E-state index in [1.807, 2.05) is 54.6 Å². The molecule has 0 spiro atoms. The quantitative estimate of drug-likeness (QED) is 0.330. The van der Waals surface area contributed by atoms with Gasteiger partial charge in [-0.1, -0.05) is 30.3 Å². The fourth-order valence-corrected chi connectivity index (χ4v) is 3.49. The number of ether oxygens (including phenoxy) is 2. The number of hydrazone groups is 1. The summed E-state index contributed by atoms with van der Waals surface area (Å²) in [6.07, 6.45) is 1.55. The van der Waals surface area contributed by atoms with Crippen molar-refractivity contribution in [1.82, 2.24) is 5.43 Å². The molecule has 0 fully saturated rings. The third-order valence-corrected chi connectivity index (χ3v) is 5.38. The van der Waals surface area contributed by atoms with Gasteiger partial charge >= 0.3 is 0 Å². The predicted octanol–water partition coefficient (Wildman–Crippen LogP) is 4.10. The smallest absolute Gasteiger partial charge is 0.262 e. The molecule has 0 aliphatic carbocycles. The summed E-state index contributed by atoms with van der Waals surface area (Å²) in [5.41, 5.74) is 5.16. The molecule has 7 nitrogen and oxygen atoms in total. The van der Waals surface area contributed by atoms with Gasteiger partial charge in [0.15, 0.2) is 6.61 Å². The molecule has 8 heteroatoms. The molecule has 0 unspecified atom stereocenters. The Bertz CT molecular complexity index is 1060. The summed E-state index contributed by atoms with van der Waals surface area (Å²) in [5, 5.41) is 6.74. The van der Waals surface area contributed by atoms with E-state index in [1.54, 1.807) is 37.6 Å². The maximum atomic E-state index is 11.9. The third kappa shape index (κ3) is 8.70. The topological polar surface area (TPSA) is 89.0 Å². The molecule has 0 aliphatic rings. The lowest BCUT2D eigenvalue weighted by atomic mass is 10.2. The predicted molar refractivity (Wildman–Crippen MR) is 132 cm³/mol. The summed E-state index contributed by atoms with van der Waals surface area (Å²) in [6.45, 7) is -0.0907. The molecule has 3 aromatic rings. The molecule has 0 aliphatic heterocycles. The maximum Gasteiger partial charge on any atom is 0.262 e. The highest BCUT2D eigenvalue weighted by Crippen LogP contribution is 2.16. The number of carbonyl (C=O) groups is 2. The Balaban J connectivity index is 1.34. The molecule has 0 saturated heterocycles. The van der Waals surface area contributed by atoms with Crippen molar-refractivity contribution in [2.75, 3.05) is 24.8 Å². The Morgan fingerprint density at radius 2 is 1.61 bits per heavy atom. The van der Waals surface area contributed by atoms with E-state index in [9.17, 15) is 9.59 Å². The van der Waals surface area contributed by atoms with E-state index in [4.69, 9.17) is 9.47 Å². The van der Waals surface area contributed by atoms with Gasteiger partial charge in [0, 0.05) is 11.4 Å². The number of anilines is 1. The first-order valence-electron chi connectivity index (χ1n) is 10.2. The minimum atomic E-state index is -0.237. The highest BCUT2D eigenvalue weighted by atomic mass is 32.2. The summed E-state index contributed by atoms with van der Waals surface area (Å²) in [6, 6.07) is 24.0. The van der Waals surface area contributed by atoms with Gasteiger partial charge in [0.1, 0.15) is 11.5 Å². The number of nitrogens with one attached hydrogen (secondary N) is 2. The number of methoxy groups -OCH3 is 1. The van der Waals surface area contributed by atoms with Crippen LogP contribution in [0.25, 0.3) is 0 Å². The van der Waals surface area contributed by atoms with Gasteiger partial charge in [0.25, 0.3) is 5.91 Å². The number of rotatable bonds is 11. The van der Waals surface area contributed by atoms with Gasteiger partial charge in [0.05, 0.1) is 19.1 Å². The van der Waals surface area contributed by atoms with Crippen LogP contribution in [-0.4, -0.2) is 37.5 Å². The lowest BCUT2D eigenvalue weighted by molar-refractivity contribution is -0.119. The fourth-order valence-electron chi connectivity index (χ4n) is 2.71. The molecule has 0 heterocycles. The molecule has 3 aromatic carbocycles. The van der Waals surface area contributed by atoms with Crippen LogP contribution in [0.2, 0.25) is 0 Å². The Morgan fingerprint density at radius 1 is 0.909 bits per heavy atom. The lowest BCUT2D eigenvalue weighted by Crippen LogP contribution is -2.20. The van der Waals surface area contributed by atoms with Crippen LogP contribution in [-0.2, 0) is 15.3 Å². The van der Waals surface area contributed by atoms with Gasteiger partial charge < -0.3 is 14.8 Å². The van der Waals surface area contributed by atoms with Crippen LogP contribution in [0.1, 0.15) is 11.1 Å². The first kappa shape index (κ1) is 23.9. The van der Waals surface area contributed by atoms with Crippen molar-refractivity contribution in [1.29, 1.82) is 0 Å². The number of hydrogen-bond donors (Lipinski definition) is 2. The van der Waals surface area contributed by atoms with Crippen molar-refractivity contribution in [2.24, 2.45) is 5.10 Å². The van der Waals surface area contributed by atoms with E-state index in [1.165, 1.54) is 11.8 Å². The molecule has 2 N–H and O–H groups in total. The molecule has 0 radical (unpaired) electrons.